The second kappa shape index (κ2) is 8.08. The van der Waals surface area contributed by atoms with Crippen LogP contribution in [0, 0.1) is 6.92 Å². The van der Waals surface area contributed by atoms with Crippen molar-refractivity contribution in [3.8, 4) is 11.5 Å². The molecule has 0 saturated carbocycles. The number of fused-ring (bicyclic) bond motifs is 2. The first-order valence-electron chi connectivity index (χ1n) is 9.28. The molecule has 2 heterocycles. The number of esters is 1. The minimum atomic E-state index is -0.840. The normalized spacial score (nSPS) is 16.1. The van der Waals surface area contributed by atoms with Crippen LogP contribution < -0.4 is 14.3 Å². The van der Waals surface area contributed by atoms with E-state index in [1.165, 1.54) is 11.3 Å². The van der Waals surface area contributed by atoms with Gasteiger partial charge in [0.1, 0.15) is 13.2 Å². The standard InChI is InChI=1S/C21H20N2O5S/c1-3-26-19(24)11-23-14-9-8-13(2)10-18(14)29-21(23)22-20(25)17-12-27-15-6-4-5-7-16(15)28-17/h4-10,17H,3,11-12H2,1-2H3/t17-/m0/s1. The summed E-state index contributed by atoms with van der Waals surface area (Å²) in [4.78, 5) is 29.6. The number of rotatable bonds is 4. The molecule has 1 aliphatic rings. The van der Waals surface area contributed by atoms with Gasteiger partial charge in [0.25, 0.3) is 5.91 Å². The Balaban J connectivity index is 1.69. The summed E-state index contributed by atoms with van der Waals surface area (Å²) < 4.78 is 19.1. The first-order chi connectivity index (χ1) is 14.0. The van der Waals surface area contributed by atoms with Gasteiger partial charge in [-0.1, -0.05) is 29.5 Å². The minimum Gasteiger partial charge on any atom is -0.485 e. The van der Waals surface area contributed by atoms with Crippen molar-refractivity contribution in [1.82, 2.24) is 4.57 Å². The first-order valence-corrected chi connectivity index (χ1v) is 10.1. The zero-order chi connectivity index (χ0) is 20.4. The summed E-state index contributed by atoms with van der Waals surface area (Å²) in [5.41, 5.74) is 1.91. The Bertz CT molecular complexity index is 1150. The van der Waals surface area contributed by atoms with Crippen molar-refractivity contribution in [3.05, 3.63) is 52.8 Å². The molecule has 0 N–H and O–H groups in total. The van der Waals surface area contributed by atoms with Gasteiger partial charge in [-0.25, -0.2) is 0 Å². The molecule has 1 aliphatic heterocycles. The number of carbonyl (C=O) groups is 2. The van der Waals surface area contributed by atoms with E-state index < -0.39 is 12.0 Å². The molecule has 1 amide bonds. The zero-order valence-corrected chi connectivity index (χ0v) is 16.9. The molecule has 29 heavy (non-hydrogen) atoms. The number of para-hydroxylation sites is 2. The first kappa shape index (κ1) is 19.2. The molecule has 0 spiro atoms. The van der Waals surface area contributed by atoms with Crippen LogP contribution in [-0.4, -0.2) is 35.8 Å². The van der Waals surface area contributed by atoms with Crippen LogP contribution in [0.2, 0.25) is 0 Å². The molecule has 0 saturated heterocycles. The fourth-order valence-corrected chi connectivity index (χ4v) is 4.19. The van der Waals surface area contributed by atoms with Crippen LogP contribution >= 0.6 is 11.3 Å². The van der Waals surface area contributed by atoms with Gasteiger partial charge in [-0.05, 0) is 43.7 Å². The van der Waals surface area contributed by atoms with Gasteiger partial charge >= 0.3 is 5.97 Å². The van der Waals surface area contributed by atoms with Crippen LogP contribution in [0.15, 0.2) is 47.5 Å². The fourth-order valence-electron chi connectivity index (χ4n) is 3.06. The summed E-state index contributed by atoms with van der Waals surface area (Å²) in [7, 11) is 0. The van der Waals surface area contributed by atoms with Crippen molar-refractivity contribution in [2.45, 2.75) is 26.5 Å². The predicted molar refractivity (Wildman–Crippen MR) is 108 cm³/mol. The Morgan fingerprint density at radius 1 is 1.24 bits per heavy atom. The molecular weight excluding hydrogens is 392 g/mol. The molecule has 1 atom stereocenters. The number of aromatic nitrogens is 1. The topological polar surface area (TPSA) is 79.1 Å². The van der Waals surface area contributed by atoms with E-state index in [0.29, 0.717) is 22.9 Å². The zero-order valence-electron chi connectivity index (χ0n) is 16.1. The lowest BCUT2D eigenvalue weighted by atomic mass is 10.2. The quantitative estimate of drug-likeness (QED) is 0.616. The maximum absolute atomic E-state index is 12.8. The van der Waals surface area contributed by atoms with Crippen LogP contribution in [0.3, 0.4) is 0 Å². The third-order valence-corrected chi connectivity index (χ3v) is 5.46. The molecule has 0 bridgehead atoms. The van der Waals surface area contributed by atoms with Gasteiger partial charge < -0.3 is 18.8 Å². The maximum Gasteiger partial charge on any atom is 0.326 e. The number of ether oxygens (including phenoxy) is 3. The number of amides is 1. The number of aryl methyl sites for hydroxylation is 1. The number of benzene rings is 2. The van der Waals surface area contributed by atoms with Crippen molar-refractivity contribution >= 4 is 33.4 Å². The summed E-state index contributed by atoms with van der Waals surface area (Å²) in [5, 5.41) is 0. The average molecular weight is 412 g/mol. The summed E-state index contributed by atoms with van der Waals surface area (Å²) in [5.74, 6) is 0.276. The smallest absolute Gasteiger partial charge is 0.326 e. The monoisotopic (exact) mass is 412 g/mol. The van der Waals surface area contributed by atoms with Crippen LogP contribution in [0.4, 0.5) is 0 Å². The van der Waals surface area contributed by atoms with E-state index in [-0.39, 0.29) is 19.1 Å². The second-order valence-corrected chi connectivity index (χ2v) is 7.57. The molecule has 1 aromatic heterocycles. The Morgan fingerprint density at radius 3 is 2.83 bits per heavy atom. The van der Waals surface area contributed by atoms with E-state index in [1.807, 2.05) is 37.3 Å². The largest absolute Gasteiger partial charge is 0.485 e. The van der Waals surface area contributed by atoms with E-state index in [2.05, 4.69) is 4.99 Å². The van der Waals surface area contributed by atoms with Crippen molar-refractivity contribution in [3.63, 3.8) is 0 Å². The van der Waals surface area contributed by atoms with Gasteiger partial charge in [0.05, 0.1) is 16.8 Å². The number of hydrogen-bond acceptors (Lipinski definition) is 6. The third kappa shape index (κ3) is 4.02. The molecule has 0 unspecified atom stereocenters. The lowest BCUT2D eigenvalue weighted by Gasteiger charge is -2.23. The molecule has 0 aliphatic carbocycles. The van der Waals surface area contributed by atoms with E-state index >= 15 is 0 Å². The predicted octanol–water partition coefficient (Wildman–Crippen LogP) is 2.84. The van der Waals surface area contributed by atoms with Gasteiger partial charge in [-0.2, -0.15) is 4.99 Å². The fraction of sp³-hybridized carbons (Fsp3) is 0.286. The summed E-state index contributed by atoms with van der Waals surface area (Å²) in [6, 6.07) is 13.1. The SMILES string of the molecule is CCOC(=O)Cn1c(=NC(=O)[C@@H]2COc3ccccc3O2)sc2cc(C)ccc21. The molecule has 0 fully saturated rings. The highest BCUT2D eigenvalue weighted by atomic mass is 32.1. The van der Waals surface area contributed by atoms with Crippen LogP contribution in [0.25, 0.3) is 10.2 Å². The number of thiazole rings is 1. The number of hydrogen-bond donors (Lipinski definition) is 0. The maximum atomic E-state index is 12.8. The highest BCUT2D eigenvalue weighted by molar-refractivity contribution is 7.16. The van der Waals surface area contributed by atoms with Gasteiger partial charge in [0.2, 0.25) is 6.10 Å². The molecule has 150 valence electrons. The number of nitrogens with zero attached hydrogens (tertiary/aromatic N) is 2. The Hall–Kier alpha value is -3.13. The highest BCUT2D eigenvalue weighted by Gasteiger charge is 2.27. The molecule has 7 nitrogen and oxygen atoms in total. The summed E-state index contributed by atoms with van der Waals surface area (Å²) >= 11 is 1.35. The minimum absolute atomic E-state index is 0.0200. The van der Waals surface area contributed by atoms with Crippen molar-refractivity contribution < 1.29 is 23.8 Å². The summed E-state index contributed by atoms with van der Waals surface area (Å²) in [6.45, 7) is 4.10. The molecule has 4 rings (SSSR count). The highest BCUT2D eigenvalue weighted by Crippen LogP contribution is 2.31. The van der Waals surface area contributed by atoms with E-state index in [4.69, 9.17) is 14.2 Å². The lowest BCUT2D eigenvalue weighted by Crippen LogP contribution is -2.37. The summed E-state index contributed by atoms with van der Waals surface area (Å²) in [6.07, 6.45) is -0.840. The molecule has 3 aromatic rings. The van der Waals surface area contributed by atoms with Gasteiger partial charge in [0, 0.05) is 0 Å². The van der Waals surface area contributed by atoms with Crippen molar-refractivity contribution in [2.75, 3.05) is 13.2 Å². The second-order valence-electron chi connectivity index (χ2n) is 6.56. The van der Waals surface area contributed by atoms with E-state index in [1.54, 1.807) is 23.6 Å². The van der Waals surface area contributed by atoms with Crippen molar-refractivity contribution in [1.29, 1.82) is 0 Å². The van der Waals surface area contributed by atoms with Crippen LogP contribution in [0.5, 0.6) is 11.5 Å². The van der Waals surface area contributed by atoms with Gasteiger partial charge in [-0.3, -0.25) is 9.59 Å². The van der Waals surface area contributed by atoms with E-state index in [0.717, 1.165) is 15.8 Å². The Morgan fingerprint density at radius 2 is 2.03 bits per heavy atom. The molecule has 8 heteroatoms. The van der Waals surface area contributed by atoms with Crippen LogP contribution in [0.1, 0.15) is 12.5 Å². The third-order valence-electron chi connectivity index (χ3n) is 4.42. The van der Waals surface area contributed by atoms with Crippen LogP contribution in [-0.2, 0) is 20.9 Å². The van der Waals surface area contributed by atoms with E-state index in [9.17, 15) is 9.59 Å². The molecule has 2 aromatic carbocycles. The van der Waals surface area contributed by atoms with Crippen molar-refractivity contribution in [2.24, 2.45) is 4.99 Å². The average Bonchev–Trinajstić information content (AvgIpc) is 3.03. The molecule has 0 radical (unpaired) electrons. The lowest BCUT2D eigenvalue weighted by molar-refractivity contribution is -0.143. The number of carbonyl (C=O) groups excluding carboxylic acids is 2. The van der Waals surface area contributed by atoms with Gasteiger partial charge in [-0.15, -0.1) is 0 Å². The van der Waals surface area contributed by atoms with Gasteiger partial charge in [0.15, 0.2) is 16.3 Å². The molecular formula is C21H20N2O5S. The Kier molecular flexibility index (Phi) is 5.35. The Labute approximate surface area is 171 Å².